The molecule has 54 valence electrons. The van der Waals surface area contributed by atoms with Gasteiger partial charge < -0.3 is 0 Å². The van der Waals surface area contributed by atoms with Crippen molar-refractivity contribution in [2.45, 2.75) is 6.55 Å². The summed E-state index contributed by atoms with van der Waals surface area (Å²) in [6, 6.07) is 9.34. The average molecular weight is 266 g/mol. The number of hydrogen-bond acceptors (Lipinski definition) is 0. The van der Waals surface area contributed by atoms with E-state index >= 15 is 0 Å². The fourth-order valence-corrected chi connectivity index (χ4v) is 2.59. The second kappa shape index (κ2) is 3.00. The van der Waals surface area contributed by atoms with Gasteiger partial charge in [-0.1, -0.05) is 52.1 Å². The molecule has 1 unspecified atom stereocenters. The summed E-state index contributed by atoms with van der Waals surface area (Å²) in [6.07, 6.45) is 0. The standard InChI is InChI=1S/C7H8FISi/c1-10(8,9)7-5-3-2-4-6-7/h2-6H,1H3. The van der Waals surface area contributed by atoms with E-state index in [1.54, 1.807) is 6.55 Å². The van der Waals surface area contributed by atoms with Crippen molar-refractivity contribution in [2.75, 3.05) is 0 Å². The van der Waals surface area contributed by atoms with Gasteiger partial charge in [0.1, 0.15) is 0 Å². The van der Waals surface area contributed by atoms with Crippen molar-refractivity contribution < 1.29 is 4.11 Å². The van der Waals surface area contributed by atoms with Crippen LogP contribution in [0.5, 0.6) is 0 Å². The van der Waals surface area contributed by atoms with Gasteiger partial charge in [-0.15, -0.1) is 0 Å². The quantitative estimate of drug-likeness (QED) is 0.416. The predicted octanol–water partition coefficient (Wildman–Crippen LogP) is 2.37. The second-order valence-corrected chi connectivity index (χ2v) is 10.7. The summed E-state index contributed by atoms with van der Waals surface area (Å²) in [5.41, 5.74) is 0. The van der Waals surface area contributed by atoms with Crippen molar-refractivity contribution in [3.8, 4) is 0 Å². The molecule has 3 heteroatoms. The van der Waals surface area contributed by atoms with Crippen LogP contribution in [-0.2, 0) is 0 Å². The third kappa shape index (κ3) is 2.05. The fraction of sp³-hybridized carbons (Fsp3) is 0.143. The molecule has 0 amide bonds. The van der Waals surface area contributed by atoms with Crippen molar-refractivity contribution >= 4 is 32.9 Å². The van der Waals surface area contributed by atoms with Crippen LogP contribution in [-0.4, -0.2) is 5.90 Å². The maximum atomic E-state index is 13.2. The molecule has 0 bridgehead atoms. The van der Waals surface area contributed by atoms with Gasteiger partial charge in [-0.2, -0.15) is 0 Å². The SMILES string of the molecule is C[Si](F)(I)c1ccccc1. The predicted molar refractivity (Wildman–Crippen MR) is 52.8 cm³/mol. The minimum Gasteiger partial charge on any atom is -0.295 e. The molecule has 0 saturated carbocycles. The Balaban J connectivity index is 2.97. The fourth-order valence-electron chi connectivity index (χ4n) is 0.731. The topological polar surface area (TPSA) is 0 Å². The molecule has 10 heavy (non-hydrogen) atoms. The summed E-state index contributed by atoms with van der Waals surface area (Å²) in [6.45, 7) is 1.68. The van der Waals surface area contributed by atoms with Crippen LogP contribution in [0.1, 0.15) is 0 Å². The third-order valence-corrected chi connectivity index (χ3v) is 4.50. The van der Waals surface area contributed by atoms with E-state index in [-0.39, 0.29) is 0 Å². The monoisotopic (exact) mass is 266 g/mol. The maximum absolute atomic E-state index is 13.2. The van der Waals surface area contributed by atoms with E-state index in [1.807, 2.05) is 52.1 Å². The van der Waals surface area contributed by atoms with E-state index < -0.39 is 5.90 Å². The summed E-state index contributed by atoms with van der Waals surface area (Å²) >= 11 is 1.91. The van der Waals surface area contributed by atoms with E-state index in [0.29, 0.717) is 0 Å². The molecule has 1 aromatic carbocycles. The maximum Gasteiger partial charge on any atom is 0.337 e. The van der Waals surface area contributed by atoms with Crippen molar-refractivity contribution in [3.05, 3.63) is 30.3 Å². The second-order valence-electron chi connectivity index (χ2n) is 2.25. The Morgan fingerprint density at radius 3 is 2.10 bits per heavy atom. The highest BCUT2D eigenvalue weighted by Gasteiger charge is 2.25. The van der Waals surface area contributed by atoms with Crippen LogP contribution in [0, 0.1) is 0 Å². The molecule has 1 atom stereocenters. The van der Waals surface area contributed by atoms with Crippen molar-refractivity contribution in [1.82, 2.24) is 0 Å². The summed E-state index contributed by atoms with van der Waals surface area (Å²) in [7, 11) is 0. The Morgan fingerprint density at radius 1 is 1.30 bits per heavy atom. The Kier molecular flexibility index (Phi) is 2.46. The van der Waals surface area contributed by atoms with Gasteiger partial charge in [0.15, 0.2) is 0 Å². The lowest BCUT2D eigenvalue weighted by molar-refractivity contribution is 0.852. The van der Waals surface area contributed by atoms with Gasteiger partial charge in [0.25, 0.3) is 0 Å². The van der Waals surface area contributed by atoms with Gasteiger partial charge >= 0.3 is 5.90 Å². The Morgan fingerprint density at radius 2 is 1.80 bits per heavy atom. The molecule has 0 radical (unpaired) electrons. The number of rotatable bonds is 1. The minimum absolute atomic E-state index is 0.857. The van der Waals surface area contributed by atoms with Crippen molar-refractivity contribution in [2.24, 2.45) is 0 Å². The van der Waals surface area contributed by atoms with E-state index in [1.165, 1.54) is 0 Å². The van der Waals surface area contributed by atoms with Crippen LogP contribution in [0.4, 0.5) is 4.11 Å². The summed E-state index contributed by atoms with van der Waals surface area (Å²) in [5, 5.41) is 0.857. The Bertz CT molecular complexity index is 205. The lowest BCUT2D eigenvalue weighted by Gasteiger charge is -2.07. The first kappa shape index (κ1) is 8.20. The van der Waals surface area contributed by atoms with Crippen LogP contribution in [0.2, 0.25) is 6.55 Å². The lowest BCUT2D eigenvalue weighted by Crippen LogP contribution is -2.32. The first-order valence-corrected chi connectivity index (χ1v) is 8.53. The Hall–Kier alpha value is 0.0969. The van der Waals surface area contributed by atoms with Crippen LogP contribution in [0.3, 0.4) is 0 Å². The summed E-state index contributed by atoms with van der Waals surface area (Å²) in [4.78, 5) is 0. The minimum atomic E-state index is -2.56. The normalized spacial score (nSPS) is 16.3. The first-order chi connectivity index (χ1) is 4.61. The molecular formula is C7H8FISi. The Labute approximate surface area is 73.9 Å². The zero-order chi connectivity index (χ0) is 7.61. The smallest absolute Gasteiger partial charge is 0.295 e. The number of hydrogen-bond donors (Lipinski definition) is 0. The molecule has 1 rings (SSSR count). The van der Waals surface area contributed by atoms with Crippen LogP contribution < -0.4 is 5.19 Å². The molecular weight excluding hydrogens is 258 g/mol. The highest BCUT2D eigenvalue weighted by Crippen LogP contribution is 2.12. The number of halogens is 2. The summed E-state index contributed by atoms with van der Waals surface area (Å²) < 4.78 is 13.2. The highest BCUT2D eigenvalue weighted by atomic mass is 127. The lowest BCUT2D eigenvalue weighted by atomic mass is 10.4. The molecule has 0 aromatic heterocycles. The zero-order valence-corrected chi connectivity index (χ0v) is 8.80. The molecule has 0 aliphatic carbocycles. The molecule has 0 nitrogen and oxygen atoms in total. The molecule has 0 heterocycles. The van der Waals surface area contributed by atoms with Crippen molar-refractivity contribution in [1.29, 1.82) is 0 Å². The van der Waals surface area contributed by atoms with Gasteiger partial charge in [0.2, 0.25) is 0 Å². The molecule has 0 saturated heterocycles. The molecule has 0 fully saturated rings. The van der Waals surface area contributed by atoms with E-state index in [9.17, 15) is 4.11 Å². The zero-order valence-electron chi connectivity index (χ0n) is 5.64. The van der Waals surface area contributed by atoms with Crippen LogP contribution in [0.25, 0.3) is 0 Å². The van der Waals surface area contributed by atoms with Gasteiger partial charge in [0, 0.05) is 0 Å². The van der Waals surface area contributed by atoms with Crippen molar-refractivity contribution in [3.63, 3.8) is 0 Å². The van der Waals surface area contributed by atoms with Gasteiger partial charge in [0.05, 0.1) is 0 Å². The van der Waals surface area contributed by atoms with Crippen LogP contribution in [0.15, 0.2) is 30.3 Å². The van der Waals surface area contributed by atoms with Gasteiger partial charge in [-0.3, -0.25) is 4.11 Å². The highest BCUT2D eigenvalue weighted by molar-refractivity contribution is 14.1. The third-order valence-electron chi connectivity index (χ3n) is 1.28. The van der Waals surface area contributed by atoms with Gasteiger partial charge in [-0.25, -0.2) is 0 Å². The number of benzene rings is 1. The molecule has 0 N–H and O–H groups in total. The van der Waals surface area contributed by atoms with E-state index in [0.717, 1.165) is 5.19 Å². The van der Waals surface area contributed by atoms with E-state index in [2.05, 4.69) is 0 Å². The largest absolute Gasteiger partial charge is 0.337 e. The van der Waals surface area contributed by atoms with Gasteiger partial charge in [-0.05, 0) is 11.7 Å². The van der Waals surface area contributed by atoms with E-state index in [4.69, 9.17) is 0 Å². The average Bonchev–Trinajstić information content (AvgIpc) is 1.88. The molecule has 0 spiro atoms. The molecule has 0 aliphatic rings. The van der Waals surface area contributed by atoms with Crippen LogP contribution >= 0.6 is 21.8 Å². The molecule has 0 aliphatic heterocycles. The summed E-state index contributed by atoms with van der Waals surface area (Å²) in [5.74, 6) is -2.56. The molecule has 1 aromatic rings. The first-order valence-electron chi connectivity index (χ1n) is 3.04.